The molecule has 6 heteroatoms. The molecule has 0 bridgehead atoms. The monoisotopic (exact) mass is 233 g/mol. The maximum Gasteiger partial charge on any atom is 0.239 e. The van der Waals surface area contributed by atoms with Gasteiger partial charge in [0.25, 0.3) is 0 Å². The minimum atomic E-state index is 0.307. The highest BCUT2D eigenvalue weighted by atomic mass is 16.5. The van der Waals surface area contributed by atoms with Gasteiger partial charge in [-0.25, -0.2) is 0 Å². The predicted molar refractivity (Wildman–Crippen MR) is 64.3 cm³/mol. The molecule has 90 valence electrons. The molecule has 0 fully saturated rings. The van der Waals surface area contributed by atoms with Crippen LogP contribution >= 0.6 is 0 Å². The van der Waals surface area contributed by atoms with Crippen molar-refractivity contribution in [1.29, 1.82) is 0 Å². The Balaban J connectivity index is 2.13. The summed E-state index contributed by atoms with van der Waals surface area (Å²) >= 11 is 0. The first-order valence-corrected chi connectivity index (χ1v) is 5.41. The number of aromatic nitrogens is 4. The lowest BCUT2D eigenvalue weighted by atomic mass is 10.4. The molecule has 0 aliphatic rings. The highest BCUT2D eigenvalue weighted by Crippen LogP contribution is 2.20. The molecule has 0 unspecified atom stereocenters. The Morgan fingerprint density at radius 1 is 1.29 bits per heavy atom. The molecule has 2 heterocycles. The molecule has 2 aromatic rings. The Morgan fingerprint density at radius 3 is 2.76 bits per heavy atom. The standard InChI is InChI=1S/C11H15N5O/c1-8(2)16-7-9(4-14-16)17-11-6-13-5-10(12-3)15-11/h4-8H,1-3H3,(H,12,15). The SMILES string of the molecule is CNc1cncc(Oc2cnn(C(C)C)c2)n1. The minimum Gasteiger partial charge on any atom is -0.434 e. The van der Waals surface area contributed by atoms with Gasteiger partial charge in [-0.15, -0.1) is 0 Å². The van der Waals surface area contributed by atoms with Crippen LogP contribution in [0.3, 0.4) is 0 Å². The van der Waals surface area contributed by atoms with Crippen LogP contribution in [0.1, 0.15) is 19.9 Å². The predicted octanol–water partition coefficient (Wildman–Crippen LogP) is 2.09. The molecule has 2 rings (SSSR count). The number of nitrogens with zero attached hydrogens (tertiary/aromatic N) is 4. The van der Waals surface area contributed by atoms with E-state index in [9.17, 15) is 0 Å². The molecular weight excluding hydrogens is 218 g/mol. The molecule has 0 aliphatic heterocycles. The third-order valence-corrected chi connectivity index (χ3v) is 2.20. The first-order chi connectivity index (χ1) is 8.19. The summed E-state index contributed by atoms with van der Waals surface area (Å²) in [6.45, 7) is 4.11. The summed E-state index contributed by atoms with van der Waals surface area (Å²) in [4.78, 5) is 8.22. The number of hydrogen-bond acceptors (Lipinski definition) is 5. The van der Waals surface area contributed by atoms with E-state index in [1.54, 1.807) is 25.6 Å². The van der Waals surface area contributed by atoms with Crippen molar-refractivity contribution in [3.63, 3.8) is 0 Å². The van der Waals surface area contributed by atoms with E-state index in [0.717, 1.165) is 0 Å². The summed E-state index contributed by atoms with van der Waals surface area (Å²) in [5.41, 5.74) is 0. The van der Waals surface area contributed by atoms with Crippen molar-refractivity contribution in [2.24, 2.45) is 0 Å². The van der Waals surface area contributed by atoms with Crippen LogP contribution in [-0.4, -0.2) is 26.8 Å². The average molecular weight is 233 g/mol. The van der Waals surface area contributed by atoms with Crippen LogP contribution in [-0.2, 0) is 0 Å². The number of rotatable bonds is 4. The molecule has 6 nitrogen and oxygen atoms in total. The minimum absolute atomic E-state index is 0.307. The fraction of sp³-hybridized carbons (Fsp3) is 0.364. The lowest BCUT2D eigenvalue weighted by Crippen LogP contribution is -1.99. The largest absolute Gasteiger partial charge is 0.434 e. The third kappa shape index (κ3) is 2.72. The first-order valence-electron chi connectivity index (χ1n) is 5.41. The van der Waals surface area contributed by atoms with E-state index in [1.165, 1.54) is 0 Å². The van der Waals surface area contributed by atoms with Crippen LogP contribution in [0.2, 0.25) is 0 Å². The molecule has 0 radical (unpaired) electrons. The van der Waals surface area contributed by atoms with Crippen molar-refractivity contribution in [3.05, 3.63) is 24.8 Å². The van der Waals surface area contributed by atoms with E-state index in [0.29, 0.717) is 23.5 Å². The van der Waals surface area contributed by atoms with Crippen molar-refractivity contribution in [2.45, 2.75) is 19.9 Å². The van der Waals surface area contributed by atoms with Crippen LogP contribution in [0.25, 0.3) is 0 Å². The van der Waals surface area contributed by atoms with Gasteiger partial charge >= 0.3 is 0 Å². The first kappa shape index (κ1) is 11.4. The van der Waals surface area contributed by atoms with Gasteiger partial charge in [-0.2, -0.15) is 10.1 Å². The molecule has 17 heavy (non-hydrogen) atoms. The van der Waals surface area contributed by atoms with E-state index in [-0.39, 0.29) is 0 Å². The third-order valence-electron chi connectivity index (χ3n) is 2.20. The lowest BCUT2D eigenvalue weighted by Gasteiger charge is -2.04. The van der Waals surface area contributed by atoms with Gasteiger partial charge in [-0.05, 0) is 13.8 Å². The van der Waals surface area contributed by atoms with Crippen LogP contribution in [0.5, 0.6) is 11.6 Å². The summed E-state index contributed by atoms with van der Waals surface area (Å²) < 4.78 is 7.38. The highest BCUT2D eigenvalue weighted by Gasteiger charge is 2.05. The average Bonchev–Trinajstić information content (AvgIpc) is 2.78. The molecule has 0 saturated carbocycles. The Morgan fingerprint density at radius 2 is 2.12 bits per heavy atom. The quantitative estimate of drug-likeness (QED) is 0.875. The molecule has 0 saturated heterocycles. The molecule has 0 spiro atoms. The van der Waals surface area contributed by atoms with Gasteiger partial charge in [0.15, 0.2) is 5.75 Å². The molecule has 0 amide bonds. The zero-order valence-electron chi connectivity index (χ0n) is 10.1. The summed E-state index contributed by atoms with van der Waals surface area (Å²) in [6.07, 6.45) is 6.68. The van der Waals surface area contributed by atoms with Gasteiger partial charge in [0, 0.05) is 13.1 Å². The van der Waals surface area contributed by atoms with Crippen LogP contribution in [0.15, 0.2) is 24.8 Å². The Labute approximate surface area is 99.7 Å². The molecule has 0 aromatic carbocycles. The van der Waals surface area contributed by atoms with Crippen molar-refractivity contribution in [2.75, 3.05) is 12.4 Å². The van der Waals surface area contributed by atoms with Crippen molar-refractivity contribution in [1.82, 2.24) is 19.7 Å². The second-order valence-electron chi connectivity index (χ2n) is 3.84. The van der Waals surface area contributed by atoms with Crippen molar-refractivity contribution >= 4 is 5.82 Å². The normalized spacial score (nSPS) is 10.6. The van der Waals surface area contributed by atoms with Crippen molar-refractivity contribution < 1.29 is 4.74 Å². The molecule has 0 atom stereocenters. The second kappa shape index (κ2) is 4.82. The topological polar surface area (TPSA) is 64.9 Å². The van der Waals surface area contributed by atoms with Crippen LogP contribution in [0.4, 0.5) is 5.82 Å². The van der Waals surface area contributed by atoms with E-state index in [1.807, 2.05) is 10.9 Å². The van der Waals surface area contributed by atoms with E-state index in [2.05, 4.69) is 34.2 Å². The van der Waals surface area contributed by atoms with Gasteiger partial charge in [-0.3, -0.25) is 9.67 Å². The molecule has 2 aromatic heterocycles. The van der Waals surface area contributed by atoms with Gasteiger partial charge in [0.1, 0.15) is 5.82 Å². The fourth-order valence-electron chi connectivity index (χ4n) is 1.29. The number of hydrogen-bond donors (Lipinski definition) is 1. The Bertz CT molecular complexity index is 494. The smallest absolute Gasteiger partial charge is 0.239 e. The summed E-state index contributed by atoms with van der Waals surface area (Å²) in [5, 5.41) is 7.08. The van der Waals surface area contributed by atoms with Gasteiger partial charge < -0.3 is 10.1 Å². The van der Waals surface area contributed by atoms with Gasteiger partial charge in [-0.1, -0.05) is 0 Å². The number of anilines is 1. The fourth-order valence-corrected chi connectivity index (χ4v) is 1.29. The molecule has 1 N–H and O–H groups in total. The molecular formula is C11H15N5O. The maximum absolute atomic E-state index is 5.55. The highest BCUT2D eigenvalue weighted by molar-refractivity contribution is 5.33. The van der Waals surface area contributed by atoms with Crippen LogP contribution < -0.4 is 10.1 Å². The van der Waals surface area contributed by atoms with Gasteiger partial charge in [0.2, 0.25) is 5.88 Å². The van der Waals surface area contributed by atoms with Crippen molar-refractivity contribution in [3.8, 4) is 11.6 Å². The van der Waals surface area contributed by atoms with E-state index in [4.69, 9.17) is 4.74 Å². The van der Waals surface area contributed by atoms with Gasteiger partial charge in [0.05, 0.1) is 24.8 Å². The maximum atomic E-state index is 5.55. The van der Waals surface area contributed by atoms with E-state index >= 15 is 0 Å². The summed E-state index contributed by atoms with van der Waals surface area (Å²) in [6, 6.07) is 0.307. The lowest BCUT2D eigenvalue weighted by molar-refractivity contribution is 0.457. The van der Waals surface area contributed by atoms with E-state index < -0.39 is 0 Å². The number of ether oxygens (including phenoxy) is 1. The zero-order chi connectivity index (χ0) is 12.3. The summed E-state index contributed by atoms with van der Waals surface area (Å²) in [7, 11) is 1.78. The van der Waals surface area contributed by atoms with Crippen LogP contribution in [0, 0.1) is 0 Å². The Kier molecular flexibility index (Phi) is 3.22. The number of nitrogens with one attached hydrogen (secondary N) is 1. The molecule has 0 aliphatic carbocycles. The Hall–Kier alpha value is -2.11. The zero-order valence-corrected chi connectivity index (χ0v) is 10.1. The summed E-state index contributed by atoms with van der Waals surface area (Å²) in [5.74, 6) is 1.76. The second-order valence-corrected chi connectivity index (χ2v) is 3.84.